The molecule has 2 unspecified atom stereocenters. The highest BCUT2D eigenvalue weighted by Gasteiger charge is 2.24. The van der Waals surface area contributed by atoms with Gasteiger partial charge in [0.15, 0.2) is 5.69 Å². The minimum absolute atomic E-state index is 0. The van der Waals surface area contributed by atoms with E-state index in [1.54, 1.807) is 10.9 Å². The van der Waals surface area contributed by atoms with E-state index in [1.807, 2.05) is 30.3 Å². The third-order valence-corrected chi connectivity index (χ3v) is 4.10. The lowest BCUT2D eigenvalue weighted by Gasteiger charge is -2.29. The van der Waals surface area contributed by atoms with Crippen LogP contribution in [0.25, 0.3) is 0 Å². The first-order valence-corrected chi connectivity index (χ1v) is 7.68. The number of amides is 1. The highest BCUT2D eigenvalue weighted by molar-refractivity contribution is 5.92. The maximum atomic E-state index is 12.3. The molecular formula is C16H22ClN5O. The largest absolute Gasteiger partial charge is 0.346 e. The summed E-state index contributed by atoms with van der Waals surface area (Å²) in [5.74, 6) is 0.324. The number of piperidine rings is 1. The number of carbonyl (C=O) groups excluding carboxylic acids is 1. The molecule has 1 fully saturated rings. The highest BCUT2D eigenvalue weighted by Crippen LogP contribution is 2.11. The molecule has 1 saturated heterocycles. The zero-order valence-corrected chi connectivity index (χ0v) is 13.9. The summed E-state index contributed by atoms with van der Waals surface area (Å²) < 4.78 is 1.69. The van der Waals surface area contributed by atoms with Gasteiger partial charge in [0.2, 0.25) is 0 Å². The zero-order chi connectivity index (χ0) is 15.4. The van der Waals surface area contributed by atoms with Gasteiger partial charge in [0.25, 0.3) is 5.91 Å². The monoisotopic (exact) mass is 335 g/mol. The summed E-state index contributed by atoms with van der Waals surface area (Å²) in [4.78, 5) is 12.3. The van der Waals surface area contributed by atoms with Crippen LogP contribution in [0.3, 0.4) is 0 Å². The van der Waals surface area contributed by atoms with Crippen LogP contribution in [0.4, 0.5) is 0 Å². The number of benzene rings is 1. The van der Waals surface area contributed by atoms with Crippen LogP contribution in [0, 0.1) is 5.92 Å². The predicted octanol–water partition coefficient (Wildman–Crippen LogP) is 1.48. The maximum absolute atomic E-state index is 12.3. The number of carbonyl (C=O) groups is 1. The standard InChI is InChI=1S/C16H21N5O.ClH/c1-12-7-8-17-9-14(12)18-16(22)15-11-21(20-19-15)10-13-5-3-2-4-6-13;/h2-6,11-12,14,17H,7-10H2,1H3,(H,18,22);1H. The molecular weight excluding hydrogens is 314 g/mol. The molecule has 124 valence electrons. The summed E-state index contributed by atoms with van der Waals surface area (Å²) in [6.45, 7) is 4.60. The van der Waals surface area contributed by atoms with Crippen LogP contribution in [0.2, 0.25) is 0 Å². The summed E-state index contributed by atoms with van der Waals surface area (Å²) in [5, 5.41) is 14.4. The summed E-state index contributed by atoms with van der Waals surface area (Å²) in [5.41, 5.74) is 1.50. The van der Waals surface area contributed by atoms with Gasteiger partial charge in [-0.1, -0.05) is 42.5 Å². The topological polar surface area (TPSA) is 71.8 Å². The predicted molar refractivity (Wildman–Crippen MR) is 90.7 cm³/mol. The summed E-state index contributed by atoms with van der Waals surface area (Å²) in [6, 6.07) is 10.1. The normalized spacial score (nSPS) is 20.6. The van der Waals surface area contributed by atoms with Crippen LogP contribution in [-0.4, -0.2) is 40.0 Å². The van der Waals surface area contributed by atoms with E-state index in [1.165, 1.54) is 0 Å². The van der Waals surface area contributed by atoms with E-state index in [4.69, 9.17) is 0 Å². The Morgan fingerprint density at radius 1 is 1.39 bits per heavy atom. The van der Waals surface area contributed by atoms with E-state index >= 15 is 0 Å². The summed E-state index contributed by atoms with van der Waals surface area (Å²) >= 11 is 0. The molecule has 1 amide bonds. The molecule has 7 heteroatoms. The number of nitrogens with zero attached hydrogens (tertiary/aromatic N) is 3. The summed E-state index contributed by atoms with van der Waals surface area (Å²) in [7, 11) is 0. The lowest BCUT2D eigenvalue weighted by atomic mass is 9.95. The molecule has 1 aliphatic rings. The van der Waals surface area contributed by atoms with Crippen molar-refractivity contribution in [3.8, 4) is 0 Å². The minimum atomic E-state index is -0.153. The van der Waals surface area contributed by atoms with E-state index in [2.05, 4.69) is 27.9 Å². The molecule has 1 aromatic heterocycles. The molecule has 6 nitrogen and oxygen atoms in total. The first kappa shape index (κ1) is 17.4. The molecule has 0 aliphatic carbocycles. The molecule has 2 aromatic rings. The Bertz CT molecular complexity index is 630. The van der Waals surface area contributed by atoms with Crippen molar-refractivity contribution in [2.75, 3.05) is 13.1 Å². The molecule has 2 N–H and O–H groups in total. The van der Waals surface area contributed by atoms with Gasteiger partial charge in [-0.2, -0.15) is 0 Å². The molecule has 3 rings (SSSR count). The van der Waals surface area contributed by atoms with Gasteiger partial charge in [-0.05, 0) is 24.4 Å². The Morgan fingerprint density at radius 2 is 2.17 bits per heavy atom. The van der Waals surface area contributed by atoms with Crippen molar-refractivity contribution in [2.45, 2.75) is 25.9 Å². The maximum Gasteiger partial charge on any atom is 0.273 e. The average Bonchev–Trinajstić information content (AvgIpc) is 2.99. The fourth-order valence-electron chi connectivity index (χ4n) is 2.68. The van der Waals surface area contributed by atoms with Crippen LogP contribution in [0.1, 0.15) is 29.4 Å². The van der Waals surface area contributed by atoms with Gasteiger partial charge < -0.3 is 10.6 Å². The van der Waals surface area contributed by atoms with Crippen molar-refractivity contribution in [1.82, 2.24) is 25.6 Å². The van der Waals surface area contributed by atoms with Gasteiger partial charge in [-0.25, -0.2) is 4.68 Å². The average molecular weight is 336 g/mol. The molecule has 0 saturated carbocycles. The van der Waals surface area contributed by atoms with E-state index in [0.717, 1.165) is 25.1 Å². The van der Waals surface area contributed by atoms with Crippen molar-refractivity contribution in [1.29, 1.82) is 0 Å². The van der Waals surface area contributed by atoms with Crippen molar-refractivity contribution in [2.24, 2.45) is 5.92 Å². The van der Waals surface area contributed by atoms with Crippen molar-refractivity contribution >= 4 is 18.3 Å². The van der Waals surface area contributed by atoms with Crippen LogP contribution in [0.5, 0.6) is 0 Å². The second kappa shape index (κ2) is 8.08. The third kappa shape index (κ3) is 4.53. The summed E-state index contributed by atoms with van der Waals surface area (Å²) in [6.07, 6.45) is 2.77. The molecule has 23 heavy (non-hydrogen) atoms. The van der Waals surface area contributed by atoms with Crippen LogP contribution in [-0.2, 0) is 6.54 Å². The number of rotatable bonds is 4. The van der Waals surface area contributed by atoms with Gasteiger partial charge in [-0.15, -0.1) is 17.5 Å². The van der Waals surface area contributed by atoms with Crippen molar-refractivity contribution < 1.29 is 4.79 Å². The van der Waals surface area contributed by atoms with Gasteiger partial charge >= 0.3 is 0 Å². The number of nitrogens with one attached hydrogen (secondary N) is 2. The van der Waals surface area contributed by atoms with Crippen LogP contribution < -0.4 is 10.6 Å². The smallest absolute Gasteiger partial charge is 0.273 e. The number of hydrogen-bond donors (Lipinski definition) is 2. The second-order valence-electron chi connectivity index (χ2n) is 5.84. The first-order chi connectivity index (χ1) is 10.7. The Labute approximate surface area is 142 Å². The number of aromatic nitrogens is 3. The quantitative estimate of drug-likeness (QED) is 0.887. The molecule has 2 heterocycles. The molecule has 0 spiro atoms. The Morgan fingerprint density at radius 3 is 2.91 bits per heavy atom. The Balaban J connectivity index is 0.00000192. The van der Waals surface area contributed by atoms with E-state index in [0.29, 0.717) is 18.2 Å². The molecule has 0 bridgehead atoms. The number of halogens is 1. The van der Waals surface area contributed by atoms with Gasteiger partial charge in [0.05, 0.1) is 12.7 Å². The molecule has 1 aliphatic heterocycles. The van der Waals surface area contributed by atoms with Crippen molar-refractivity contribution in [3.63, 3.8) is 0 Å². The highest BCUT2D eigenvalue weighted by atomic mass is 35.5. The Hall–Kier alpha value is -1.92. The molecule has 0 radical (unpaired) electrons. The lowest BCUT2D eigenvalue weighted by molar-refractivity contribution is 0.0910. The SMILES string of the molecule is CC1CCNCC1NC(=O)c1cn(Cc2ccccc2)nn1.Cl. The van der Waals surface area contributed by atoms with E-state index in [-0.39, 0.29) is 24.4 Å². The fraction of sp³-hybridized carbons (Fsp3) is 0.438. The molecule has 2 atom stereocenters. The minimum Gasteiger partial charge on any atom is -0.346 e. The van der Waals surface area contributed by atoms with Crippen LogP contribution >= 0.6 is 12.4 Å². The van der Waals surface area contributed by atoms with Gasteiger partial charge in [-0.3, -0.25) is 4.79 Å². The van der Waals surface area contributed by atoms with Gasteiger partial charge in [0.1, 0.15) is 0 Å². The van der Waals surface area contributed by atoms with Gasteiger partial charge in [0, 0.05) is 12.6 Å². The Kier molecular flexibility index (Phi) is 6.12. The first-order valence-electron chi connectivity index (χ1n) is 7.68. The van der Waals surface area contributed by atoms with E-state index < -0.39 is 0 Å². The lowest BCUT2D eigenvalue weighted by Crippen LogP contribution is -2.50. The second-order valence-corrected chi connectivity index (χ2v) is 5.84. The zero-order valence-electron chi connectivity index (χ0n) is 13.1. The van der Waals surface area contributed by atoms with E-state index in [9.17, 15) is 4.79 Å². The fourth-order valence-corrected chi connectivity index (χ4v) is 2.68. The third-order valence-electron chi connectivity index (χ3n) is 4.10. The van der Waals surface area contributed by atoms with Crippen LogP contribution in [0.15, 0.2) is 36.5 Å². The molecule has 1 aromatic carbocycles. The van der Waals surface area contributed by atoms with Crippen molar-refractivity contribution in [3.05, 3.63) is 47.8 Å². The number of hydrogen-bond acceptors (Lipinski definition) is 4.